The van der Waals surface area contributed by atoms with E-state index in [9.17, 15) is 0 Å². The molecule has 8 fully saturated rings. The molecular formula is C20H25Mo12N3O40P+3. The Hall–Kier alpha value is 1.94. The first-order valence-electron chi connectivity index (χ1n) is 18.2. The molecule has 0 aromatic heterocycles. The van der Waals surface area contributed by atoms with Crippen LogP contribution in [0.3, 0.4) is 0 Å². The molecule has 8 aliphatic heterocycles. The molecule has 76 heavy (non-hydrogen) atoms. The van der Waals surface area contributed by atoms with E-state index in [1.54, 1.807) is 0 Å². The van der Waals surface area contributed by atoms with Crippen LogP contribution in [0.25, 0.3) is 5.57 Å². The van der Waals surface area contributed by atoms with Crippen molar-refractivity contribution in [1.82, 2.24) is 0 Å². The summed E-state index contributed by atoms with van der Waals surface area (Å²) in [5.41, 5.74) is 19.0. The number of nitrogen functional groups attached to an aromatic ring is 2. The zero-order chi connectivity index (χ0) is 55.2. The first kappa shape index (κ1) is 55.8. The summed E-state index contributed by atoms with van der Waals surface area (Å²) in [6.07, 6.45) is 5.86. The molecule has 43 nitrogen and oxygen atoms in total. The van der Waals surface area contributed by atoms with Crippen LogP contribution in [0.4, 0.5) is 11.4 Å². The van der Waals surface area contributed by atoms with Crippen molar-refractivity contribution in [3.05, 3.63) is 89.0 Å². The van der Waals surface area contributed by atoms with Crippen LogP contribution in [0, 0.1) is 5.41 Å². The monoisotopic (exact) mass is 2150 g/mol. The van der Waals surface area contributed by atoms with Crippen molar-refractivity contribution in [2.24, 2.45) is 0 Å². The molecule has 9 aliphatic rings. The number of hydrogen-bond acceptors (Lipinski definition) is 40. The second-order valence-corrected chi connectivity index (χ2v) is 113. The molecule has 434 valence electrons. The molecule has 2 aromatic carbocycles. The normalized spacial score (nSPS) is 44.4. The number of nitrogens with one attached hydrogen (secondary N) is 1. The maximum absolute atomic E-state index is 15.2. The fourth-order valence-electron chi connectivity index (χ4n) is 7.79. The van der Waals surface area contributed by atoms with Crippen molar-refractivity contribution < 1.29 is 309 Å². The summed E-state index contributed by atoms with van der Waals surface area (Å²) in [7, 11) is -4.64. The Morgan fingerprint density at radius 2 is 0.566 bits per heavy atom. The van der Waals surface area contributed by atoms with E-state index in [1.165, 1.54) is 0 Å². The fourth-order valence-corrected chi connectivity index (χ4v) is 324. The van der Waals surface area contributed by atoms with E-state index in [0.717, 1.165) is 39.2 Å². The molecule has 1 aliphatic carbocycles. The number of hydrogen-bond donors (Lipinski definition) is 6. The van der Waals surface area contributed by atoms with E-state index in [0.29, 0.717) is 5.71 Å². The van der Waals surface area contributed by atoms with E-state index in [1.807, 2.05) is 73.7 Å². The van der Waals surface area contributed by atoms with Gasteiger partial charge in [-0.3, -0.25) is 0 Å². The van der Waals surface area contributed by atoms with Gasteiger partial charge in [-0.05, 0) is 71.2 Å². The number of phosphoric acid groups is 1. The van der Waals surface area contributed by atoms with Gasteiger partial charge in [0.2, 0.25) is 0 Å². The molecule has 56 heteroatoms. The van der Waals surface area contributed by atoms with E-state index < -0.39 is 203 Å². The Morgan fingerprint density at radius 1 is 0.395 bits per heavy atom. The van der Waals surface area contributed by atoms with Gasteiger partial charge in [-0.25, -0.2) is 4.57 Å². The van der Waals surface area contributed by atoms with Gasteiger partial charge < -0.3 is 31.6 Å². The number of benzene rings is 2. The van der Waals surface area contributed by atoms with E-state index in [4.69, 9.17) is 36.1 Å². The SMILES string of the molecule is CC1=CC(=C(c2ccc(N)cc2)c2ccc(N)cc2)C=CC1=N.O=P(O)(O)O.[H+].[H+].[H+].[O]=[Mo]123[O][Mo]45(=[O])[O][Mo]6(=[O])([O]1)[O][Mo]17(=[O])[O][Mo]8(=[O])([O]2)[O][Mo]2(=[O])([O]3)[O][Mo]3(=[O])([O]4)[O][Mo]4(=[O])([O]5)[O][Mo](=[O])([O]6)([O]1)[O][Mo]1(=[O])([O]4)[O][Mo](=[O])([O]2)([O]3)[O][Mo](=[O])([O]8)([O]7)[O]1. The molecule has 8 N–H and O–H groups in total. The Morgan fingerprint density at radius 3 is 0.724 bits per heavy atom. The molecule has 0 amide bonds. The van der Waals surface area contributed by atoms with Crippen molar-refractivity contribution in [3.63, 3.8) is 0 Å². The second-order valence-electron chi connectivity index (χ2n) is 16.0. The maximum atomic E-state index is 15.2. The Balaban J connectivity index is 0.000000181. The van der Waals surface area contributed by atoms with Crippen molar-refractivity contribution in [3.8, 4) is 0 Å². The minimum atomic E-state index is -10.0. The van der Waals surface area contributed by atoms with Crippen LogP contribution < -0.4 is 11.5 Å². The zero-order valence-electron chi connectivity index (χ0n) is 37.8. The second kappa shape index (κ2) is 12.7. The quantitative estimate of drug-likeness (QED) is 0.135. The standard InChI is InChI=1S/C20H19N3.12Mo.H3O4P.36O/c1-13-12-16(6-11-19(13)23)20(14-2-7-17(21)8-3-14)15-4-9-18(22)10-5-15;;;;;;;;;;;;;1-5(2,3)4;;;;;;;;;;;;;;;;;;;;;;;;;;;;;;;;;;;;/h2-12,23H,21-22H2,1H3;;;;;;;;;;;;;(H3,1,2,3,4);;;;;;;;;;;;;;;;;;;;;;;;;;;;;;;;;;;;/p+3. The van der Waals surface area contributed by atoms with Gasteiger partial charge in [0.05, 0.1) is 5.71 Å². The molecule has 8 heterocycles. The zero-order valence-corrected chi connectivity index (χ0v) is 59.8. The van der Waals surface area contributed by atoms with Crippen molar-refractivity contribution in [1.29, 1.82) is 5.41 Å². The molecule has 0 radical (unpaired) electrons. The fraction of sp³-hybridized carbons (Fsp3) is 0.0500. The molecule has 0 unspecified atom stereocenters. The number of rotatable bonds is 2. The molecule has 2 aromatic rings. The van der Waals surface area contributed by atoms with E-state index >= 15 is 40.8 Å². The van der Waals surface area contributed by atoms with Gasteiger partial charge in [0.1, 0.15) is 0 Å². The Kier molecular flexibility index (Phi) is 9.32. The predicted molar refractivity (Wildman–Crippen MR) is 150 cm³/mol. The Bertz CT molecular complexity index is 3460. The van der Waals surface area contributed by atoms with Crippen LogP contribution in [0.1, 0.15) is 22.3 Å². The van der Waals surface area contributed by atoms with Gasteiger partial charge in [0.25, 0.3) is 0 Å². The molecule has 12 spiro atoms. The average molecular weight is 2130 g/mol. The van der Waals surface area contributed by atoms with Gasteiger partial charge in [-0.2, -0.15) is 0 Å². The molecule has 0 atom stereocenters. The summed E-state index contributed by atoms with van der Waals surface area (Å²) in [4.78, 5) is 21.6. The van der Waals surface area contributed by atoms with Crippen LogP contribution in [-0.4, -0.2) is 20.4 Å². The minimum absolute atomic E-state index is 0. The summed E-state index contributed by atoms with van der Waals surface area (Å²) in [5.74, 6) is 0. The van der Waals surface area contributed by atoms with Crippen LogP contribution in [0.15, 0.2) is 77.9 Å². The van der Waals surface area contributed by atoms with E-state index in [-0.39, 0.29) is 4.28 Å². The van der Waals surface area contributed by atoms with Crippen molar-refractivity contribution >= 4 is 30.5 Å². The topological polar surface area (TPSA) is 580 Å². The van der Waals surface area contributed by atoms with Crippen LogP contribution >= 0.6 is 7.82 Å². The van der Waals surface area contributed by atoms with Gasteiger partial charge in [-0.15, -0.1) is 0 Å². The third-order valence-corrected chi connectivity index (χ3v) is 191. The summed E-state index contributed by atoms with van der Waals surface area (Å²) < 4.78 is 302. The van der Waals surface area contributed by atoms with Crippen LogP contribution in [0.5, 0.6) is 0 Å². The molecule has 8 saturated heterocycles. The molecule has 11 rings (SSSR count). The van der Waals surface area contributed by atoms with Crippen molar-refractivity contribution in [2.75, 3.05) is 11.5 Å². The first-order chi connectivity index (χ1) is 33.6. The van der Waals surface area contributed by atoms with Gasteiger partial charge >= 0.3 is 297 Å². The van der Waals surface area contributed by atoms with E-state index in [2.05, 4.69) is 49.0 Å². The Labute approximate surface area is 444 Å². The summed E-state index contributed by atoms with van der Waals surface area (Å²) in [5, 5.41) is 7.88. The summed E-state index contributed by atoms with van der Waals surface area (Å²) in [6, 6.07) is 15.7. The summed E-state index contributed by atoms with van der Waals surface area (Å²) in [6.45, 7) is 1.95. The summed E-state index contributed by atoms with van der Waals surface area (Å²) >= 11 is -120. The van der Waals surface area contributed by atoms with Gasteiger partial charge in [-0.1, -0.05) is 30.3 Å². The van der Waals surface area contributed by atoms with Gasteiger partial charge in [0.15, 0.2) is 0 Å². The van der Waals surface area contributed by atoms with Crippen LogP contribution in [-0.2, 0) is 290 Å². The first-order valence-corrected chi connectivity index (χ1v) is 69.0. The average Bonchev–Trinajstić information content (AvgIpc) is 3.03. The number of allylic oxidation sites excluding steroid dienone is 5. The number of nitrogens with two attached hydrogens (primary N) is 2. The predicted octanol–water partition coefficient (Wildman–Crippen LogP) is 0.500. The van der Waals surface area contributed by atoms with Crippen molar-refractivity contribution in [2.45, 2.75) is 6.92 Å². The third kappa shape index (κ3) is 7.47. The molecule has 0 saturated carbocycles. The third-order valence-electron chi connectivity index (χ3n) is 9.25. The number of anilines is 2. The molecule has 0 bridgehead atoms. The molecular weight excluding hydrogens is 2100 g/mol. The van der Waals surface area contributed by atoms with Gasteiger partial charge in [0, 0.05) is 11.4 Å². The van der Waals surface area contributed by atoms with Crippen LogP contribution in [0.2, 0.25) is 0 Å².